The van der Waals surface area contributed by atoms with Gasteiger partial charge in [-0.3, -0.25) is 4.79 Å². The standard InChI is InChI=1S/C21H21N5O/c1-13(2)12-19(27)22-18-11-7-6-10-17(18)21-24-23-20-16-9-5-4-8-15(16)14(3)25-26(20)21/h4-11,13H,12H2,1-3H3,(H,22,27). The van der Waals surface area contributed by atoms with Crippen LogP contribution in [0, 0.1) is 12.8 Å². The highest BCUT2D eigenvalue weighted by atomic mass is 16.1. The number of carbonyl (C=O) groups is 1. The second-order valence-electron chi connectivity index (χ2n) is 7.08. The average Bonchev–Trinajstić information content (AvgIpc) is 3.05. The molecule has 0 unspecified atom stereocenters. The number of hydrogen-bond donors (Lipinski definition) is 1. The minimum Gasteiger partial charge on any atom is -0.325 e. The minimum absolute atomic E-state index is 0.0131. The zero-order valence-corrected chi connectivity index (χ0v) is 15.6. The first kappa shape index (κ1) is 17.1. The molecule has 2 aromatic carbocycles. The lowest BCUT2D eigenvalue weighted by Crippen LogP contribution is -2.14. The minimum atomic E-state index is -0.0131. The third kappa shape index (κ3) is 3.14. The van der Waals surface area contributed by atoms with Gasteiger partial charge in [0.05, 0.1) is 11.4 Å². The van der Waals surface area contributed by atoms with Crippen LogP contribution in [0.15, 0.2) is 48.5 Å². The normalized spacial score (nSPS) is 11.4. The molecular weight excluding hydrogens is 338 g/mol. The maximum absolute atomic E-state index is 12.3. The Bertz CT molecular complexity index is 1150. The van der Waals surface area contributed by atoms with Crippen molar-refractivity contribution >= 4 is 28.0 Å². The van der Waals surface area contributed by atoms with E-state index in [9.17, 15) is 4.79 Å². The van der Waals surface area contributed by atoms with Crippen LogP contribution in [0.3, 0.4) is 0 Å². The number of carbonyl (C=O) groups excluding carboxylic acids is 1. The summed E-state index contributed by atoms with van der Waals surface area (Å²) in [5.74, 6) is 0.891. The van der Waals surface area contributed by atoms with E-state index in [1.165, 1.54) is 0 Å². The maximum Gasteiger partial charge on any atom is 0.224 e. The highest BCUT2D eigenvalue weighted by Gasteiger charge is 2.17. The molecule has 6 nitrogen and oxygen atoms in total. The van der Waals surface area contributed by atoms with E-state index in [4.69, 9.17) is 0 Å². The summed E-state index contributed by atoms with van der Waals surface area (Å²) in [6.45, 7) is 6.02. The number of anilines is 1. The molecule has 0 spiro atoms. The van der Waals surface area contributed by atoms with Crippen LogP contribution in [0.25, 0.3) is 27.8 Å². The van der Waals surface area contributed by atoms with Crippen molar-refractivity contribution in [2.45, 2.75) is 27.2 Å². The van der Waals surface area contributed by atoms with E-state index < -0.39 is 0 Å². The second kappa shape index (κ2) is 6.79. The summed E-state index contributed by atoms with van der Waals surface area (Å²) in [6, 6.07) is 15.6. The molecule has 0 aliphatic rings. The molecule has 1 amide bonds. The predicted octanol–water partition coefficient (Wildman–Crippen LogP) is 4.24. The summed E-state index contributed by atoms with van der Waals surface area (Å²) in [5, 5.41) is 18.5. The number of aryl methyl sites for hydroxylation is 1. The fraction of sp³-hybridized carbons (Fsp3) is 0.238. The van der Waals surface area contributed by atoms with Crippen molar-refractivity contribution in [3.63, 3.8) is 0 Å². The number of amides is 1. The first-order valence-corrected chi connectivity index (χ1v) is 9.04. The van der Waals surface area contributed by atoms with Crippen molar-refractivity contribution in [2.24, 2.45) is 5.92 Å². The van der Waals surface area contributed by atoms with E-state index in [1.807, 2.05) is 69.3 Å². The van der Waals surface area contributed by atoms with Crippen LogP contribution in [0.1, 0.15) is 26.0 Å². The second-order valence-corrected chi connectivity index (χ2v) is 7.08. The van der Waals surface area contributed by atoms with E-state index in [0.717, 1.165) is 22.0 Å². The Morgan fingerprint density at radius 1 is 1.04 bits per heavy atom. The van der Waals surface area contributed by atoms with Crippen LogP contribution >= 0.6 is 0 Å². The van der Waals surface area contributed by atoms with Crippen LogP contribution in [0.2, 0.25) is 0 Å². The first-order valence-electron chi connectivity index (χ1n) is 9.04. The Kier molecular flexibility index (Phi) is 4.32. The largest absolute Gasteiger partial charge is 0.325 e. The molecule has 0 bridgehead atoms. The van der Waals surface area contributed by atoms with Crippen LogP contribution in [-0.2, 0) is 4.79 Å². The number of nitrogens with one attached hydrogen (secondary N) is 1. The Morgan fingerprint density at radius 2 is 1.74 bits per heavy atom. The van der Waals surface area contributed by atoms with Gasteiger partial charge in [-0.25, -0.2) is 0 Å². The SMILES string of the molecule is Cc1nn2c(-c3ccccc3NC(=O)CC(C)C)nnc2c2ccccc12. The average molecular weight is 359 g/mol. The maximum atomic E-state index is 12.3. The summed E-state index contributed by atoms with van der Waals surface area (Å²) in [5.41, 5.74) is 3.12. The topological polar surface area (TPSA) is 72.2 Å². The molecule has 2 heterocycles. The molecular formula is C21H21N5O. The number of aromatic nitrogens is 4. The van der Waals surface area contributed by atoms with Gasteiger partial charge in [-0.2, -0.15) is 9.61 Å². The molecule has 1 N–H and O–H groups in total. The molecule has 4 aromatic rings. The van der Waals surface area contributed by atoms with Gasteiger partial charge in [-0.15, -0.1) is 10.2 Å². The fourth-order valence-electron chi connectivity index (χ4n) is 3.27. The van der Waals surface area contributed by atoms with E-state index >= 15 is 0 Å². The van der Waals surface area contributed by atoms with Crippen LogP contribution < -0.4 is 5.32 Å². The van der Waals surface area contributed by atoms with Gasteiger partial charge in [0, 0.05) is 22.8 Å². The summed E-state index contributed by atoms with van der Waals surface area (Å²) in [4.78, 5) is 12.3. The Hall–Kier alpha value is -3.28. The number of para-hydroxylation sites is 1. The zero-order valence-electron chi connectivity index (χ0n) is 15.6. The smallest absolute Gasteiger partial charge is 0.224 e. The van der Waals surface area contributed by atoms with Gasteiger partial charge in [0.15, 0.2) is 11.5 Å². The van der Waals surface area contributed by atoms with Crippen molar-refractivity contribution in [3.05, 3.63) is 54.2 Å². The summed E-state index contributed by atoms with van der Waals surface area (Å²) >= 11 is 0. The molecule has 27 heavy (non-hydrogen) atoms. The van der Waals surface area contributed by atoms with Gasteiger partial charge in [-0.05, 0) is 25.0 Å². The van der Waals surface area contributed by atoms with E-state index in [0.29, 0.717) is 29.5 Å². The summed E-state index contributed by atoms with van der Waals surface area (Å²) < 4.78 is 1.76. The number of benzene rings is 2. The van der Waals surface area contributed by atoms with Crippen LogP contribution in [-0.4, -0.2) is 25.7 Å². The van der Waals surface area contributed by atoms with Crippen LogP contribution in [0.4, 0.5) is 5.69 Å². The molecule has 0 radical (unpaired) electrons. The van der Waals surface area contributed by atoms with Crippen LogP contribution in [0.5, 0.6) is 0 Å². The van der Waals surface area contributed by atoms with E-state index in [1.54, 1.807) is 4.52 Å². The molecule has 0 fully saturated rings. The molecule has 4 rings (SSSR count). The molecule has 2 aromatic heterocycles. The van der Waals surface area contributed by atoms with Gasteiger partial charge < -0.3 is 5.32 Å². The van der Waals surface area contributed by atoms with Gasteiger partial charge in [0.1, 0.15) is 0 Å². The first-order chi connectivity index (χ1) is 13.0. The molecule has 0 saturated heterocycles. The molecule has 0 aliphatic heterocycles. The number of fused-ring (bicyclic) bond motifs is 3. The third-order valence-corrected chi connectivity index (χ3v) is 4.48. The van der Waals surface area contributed by atoms with Crippen molar-refractivity contribution in [1.82, 2.24) is 19.8 Å². The lowest BCUT2D eigenvalue weighted by molar-refractivity contribution is -0.116. The van der Waals surface area contributed by atoms with Crippen molar-refractivity contribution in [3.8, 4) is 11.4 Å². The fourth-order valence-corrected chi connectivity index (χ4v) is 3.27. The van der Waals surface area contributed by atoms with Gasteiger partial charge in [0.2, 0.25) is 5.91 Å². The lowest BCUT2D eigenvalue weighted by atomic mass is 10.1. The quantitative estimate of drug-likeness (QED) is 0.592. The van der Waals surface area contributed by atoms with Crippen molar-refractivity contribution in [2.75, 3.05) is 5.32 Å². The van der Waals surface area contributed by atoms with E-state index in [-0.39, 0.29) is 5.91 Å². The summed E-state index contributed by atoms with van der Waals surface area (Å²) in [7, 11) is 0. The zero-order chi connectivity index (χ0) is 19.0. The lowest BCUT2D eigenvalue weighted by Gasteiger charge is -2.11. The van der Waals surface area contributed by atoms with Crippen molar-refractivity contribution < 1.29 is 4.79 Å². The monoisotopic (exact) mass is 359 g/mol. The van der Waals surface area contributed by atoms with Crippen molar-refractivity contribution in [1.29, 1.82) is 0 Å². The number of rotatable bonds is 4. The van der Waals surface area contributed by atoms with Gasteiger partial charge in [0.25, 0.3) is 0 Å². The van der Waals surface area contributed by atoms with E-state index in [2.05, 4.69) is 20.6 Å². The Labute approximate surface area is 157 Å². The highest BCUT2D eigenvalue weighted by Crippen LogP contribution is 2.29. The number of hydrogen-bond acceptors (Lipinski definition) is 4. The van der Waals surface area contributed by atoms with Gasteiger partial charge >= 0.3 is 0 Å². The van der Waals surface area contributed by atoms with Gasteiger partial charge in [-0.1, -0.05) is 50.2 Å². The molecule has 0 saturated carbocycles. The molecule has 0 atom stereocenters. The Balaban J connectivity index is 1.85. The highest BCUT2D eigenvalue weighted by molar-refractivity contribution is 5.97. The third-order valence-electron chi connectivity index (χ3n) is 4.48. The number of nitrogens with zero attached hydrogens (tertiary/aromatic N) is 4. The summed E-state index contributed by atoms with van der Waals surface area (Å²) in [6.07, 6.45) is 0.469. The molecule has 136 valence electrons. The molecule has 0 aliphatic carbocycles. The predicted molar refractivity (Wildman–Crippen MR) is 107 cm³/mol. The Morgan fingerprint density at radius 3 is 2.52 bits per heavy atom. The molecule has 6 heteroatoms.